The van der Waals surface area contributed by atoms with Gasteiger partial charge in [0.2, 0.25) is 23.6 Å². The zero-order valence-electron chi connectivity index (χ0n) is 61.0. The fourth-order valence-electron chi connectivity index (χ4n) is 14.9. The quantitative estimate of drug-likeness (QED) is 0.0355. The van der Waals surface area contributed by atoms with Gasteiger partial charge in [-0.15, -0.1) is 0 Å². The third-order valence-electron chi connectivity index (χ3n) is 21.7. The summed E-state index contributed by atoms with van der Waals surface area (Å²) in [5.41, 5.74) is 13.7. The molecular formula is C78H104N6O11Si2. The molecule has 0 saturated carbocycles. The smallest absolute Gasteiger partial charge is 0.258 e. The first-order valence-electron chi connectivity index (χ1n) is 35.4. The Labute approximate surface area is 577 Å². The van der Waals surface area contributed by atoms with E-state index < -0.39 is 45.5 Å². The third kappa shape index (κ3) is 15.1. The number of imide groups is 4. The molecule has 4 aliphatic rings. The van der Waals surface area contributed by atoms with Crippen LogP contribution in [0.1, 0.15) is 196 Å². The maximum Gasteiger partial charge on any atom is 0.258 e. The molecule has 19 heteroatoms. The molecule has 520 valence electrons. The van der Waals surface area contributed by atoms with E-state index in [1.165, 1.54) is 57.8 Å². The molecular weight excluding hydrogens is 1250 g/mol. The highest BCUT2D eigenvalue weighted by molar-refractivity contribution is 6.82. The van der Waals surface area contributed by atoms with Crippen LogP contribution in [0, 0.1) is 0 Å². The second-order valence-electron chi connectivity index (χ2n) is 29.0. The molecule has 17 nitrogen and oxygen atoms in total. The highest BCUT2D eigenvalue weighted by Gasteiger charge is 2.51. The molecule has 0 bridgehead atoms. The topological polar surface area (TPSA) is 199 Å². The van der Waals surface area contributed by atoms with Crippen molar-refractivity contribution in [2.45, 2.75) is 248 Å². The van der Waals surface area contributed by atoms with Crippen LogP contribution < -0.4 is 19.6 Å². The summed E-state index contributed by atoms with van der Waals surface area (Å²) < 4.78 is 7.40. The molecule has 4 aromatic carbocycles. The summed E-state index contributed by atoms with van der Waals surface area (Å²) in [6.45, 7) is 37.5. The minimum absolute atomic E-state index is 0.110. The molecule has 2 saturated heterocycles. The number of carbonyl (C=O) groups excluding carboxylic acids is 10. The highest BCUT2D eigenvalue weighted by Crippen LogP contribution is 2.47. The molecule has 0 aliphatic carbocycles. The van der Waals surface area contributed by atoms with E-state index in [1.54, 1.807) is 9.80 Å². The molecule has 0 aromatic heterocycles. The van der Waals surface area contributed by atoms with Gasteiger partial charge in [0.05, 0.1) is 43.7 Å². The van der Waals surface area contributed by atoms with Gasteiger partial charge in [-0.25, -0.2) is 19.6 Å². The van der Waals surface area contributed by atoms with E-state index in [-0.39, 0.29) is 71.7 Å². The van der Waals surface area contributed by atoms with E-state index in [4.69, 9.17) is 4.43 Å². The largest absolute Gasteiger partial charge is 0.415 e. The summed E-state index contributed by atoms with van der Waals surface area (Å²) in [4.78, 5) is 145. The maximum absolute atomic E-state index is 14.7. The monoisotopic (exact) mass is 1360 g/mol. The van der Waals surface area contributed by atoms with Crippen molar-refractivity contribution in [2.24, 2.45) is 0 Å². The Kier molecular flexibility index (Phi) is 23.3. The van der Waals surface area contributed by atoms with Gasteiger partial charge >= 0.3 is 0 Å². The number of benzene rings is 4. The normalized spacial score (nSPS) is 17.1. The number of anilines is 4. The van der Waals surface area contributed by atoms with E-state index in [0.29, 0.717) is 113 Å². The molecule has 97 heavy (non-hydrogen) atoms. The zero-order chi connectivity index (χ0) is 71.6. The predicted octanol–water partition coefficient (Wildman–Crippen LogP) is 13.1. The van der Waals surface area contributed by atoms with Gasteiger partial charge in [0, 0.05) is 56.5 Å². The van der Waals surface area contributed by atoms with Crippen LogP contribution in [0.4, 0.5) is 22.7 Å². The lowest BCUT2D eigenvalue weighted by molar-refractivity contribution is -0.136. The van der Waals surface area contributed by atoms with Gasteiger partial charge in [-0.1, -0.05) is 137 Å². The highest BCUT2D eigenvalue weighted by atomic mass is 28.4. The first-order valence-corrected chi connectivity index (χ1v) is 41.5. The molecule has 2 unspecified atom stereocenters. The Morgan fingerprint density at radius 3 is 0.979 bits per heavy atom. The lowest BCUT2D eigenvalue weighted by atomic mass is 9.92. The van der Waals surface area contributed by atoms with Crippen molar-refractivity contribution < 1.29 is 52.4 Å². The van der Waals surface area contributed by atoms with Gasteiger partial charge in [-0.05, 0) is 182 Å². The molecule has 2 atom stereocenters. The summed E-state index contributed by atoms with van der Waals surface area (Å²) in [5, 5.41) is -0.807. The average molecular weight is 1360 g/mol. The van der Waals surface area contributed by atoms with Gasteiger partial charge < -0.3 is 14.2 Å². The van der Waals surface area contributed by atoms with E-state index in [9.17, 15) is 47.9 Å². The van der Waals surface area contributed by atoms with Crippen LogP contribution >= 0.6 is 0 Å². The molecule has 4 aromatic rings. The van der Waals surface area contributed by atoms with Gasteiger partial charge in [-0.2, -0.15) is 0 Å². The molecule has 8 rings (SSSR count). The summed E-state index contributed by atoms with van der Waals surface area (Å²) in [7, 11) is -4.87. The molecule has 0 radical (unpaired) electrons. The van der Waals surface area contributed by atoms with Crippen LogP contribution in [0.5, 0.6) is 0 Å². The van der Waals surface area contributed by atoms with E-state index in [1.807, 2.05) is 55.4 Å². The summed E-state index contributed by atoms with van der Waals surface area (Å²) in [6, 6.07) is 15.4. The van der Waals surface area contributed by atoms with Gasteiger partial charge in [-0.3, -0.25) is 47.9 Å². The fourth-order valence-corrected chi connectivity index (χ4v) is 20.8. The standard InChI is InChI=1S/C78H104N6O11Si2/c1-19-55-39-51(40-56(20-2)71(55)81-65(87)29-30-66(81)88)37-53-43-59(23-5)73(60(24-6)44-53)83-69(91)47-63(75(83)93)79(49(9)85)34-27-33-77(11,12)97(17,18)95-78(13,14)96(15,16)36-28-35-80(50(10)86)64-48-70(92)84(76(64)94)74-61(25-7)45-54(46-62(74)26-8)38-52-41-57(21-3)72(58(22-4)42-52)82-67(89)31-32-68(82)90/h29-32,39-46,63-64H,19-28,33-38,47-48H2,1-18H3. The number of nitrogens with zero attached hydrogens (tertiary/aromatic N) is 6. The van der Waals surface area contributed by atoms with E-state index in [0.717, 1.165) is 72.8 Å². The van der Waals surface area contributed by atoms with Crippen LogP contribution in [0.3, 0.4) is 0 Å². The number of hydrogen-bond donors (Lipinski definition) is 0. The number of rotatable bonds is 30. The van der Waals surface area contributed by atoms with Crippen molar-refractivity contribution in [3.8, 4) is 0 Å². The Hall–Kier alpha value is -7.75. The summed E-state index contributed by atoms with van der Waals surface area (Å²) >= 11 is 0. The molecule has 0 N–H and O–H groups in total. The minimum atomic E-state index is -2.58. The number of amides is 10. The molecule has 2 fully saturated rings. The van der Waals surface area contributed by atoms with Crippen molar-refractivity contribution in [1.82, 2.24) is 9.80 Å². The van der Waals surface area contributed by atoms with Gasteiger partial charge in [0.1, 0.15) is 12.1 Å². The van der Waals surface area contributed by atoms with Crippen molar-refractivity contribution in [3.05, 3.63) is 140 Å². The number of hydrogen-bond acceptors (Lipinski definition) is 11. The van der Waals surface area contributed by atoms with Crippen molar-refractivity contribution in [1.29, 1.82) is 0 Å². The fraction of sp³-hybridized carbons (Fsp3) is 0.513. The second-order valence-corrected chi connectivity index (χ2v) is 39.1. The Morgan fingerprint density at radius 1 is 0.443 bits per heavy atom. The third-order valence-corrected chi connectivity index (χ3v) is 31.4. The second kappa shape index (κ2) is 30.2. The van der Waals surface area contributed by atoms with Crippen molar-refractivity contribution in [2.75, 3.05) is 32.7 Å². The van der Waals surface area contributed by atoms with E-state index >= 15 is 0 Å². The van der Waals surface area contributed by atoms with Gasteiger partial charge in [0.15, 0.2) is 8.32 Å². The van der Waals surface area contributed by atoms with Gasteiger partial charge in [0.25, 0.3) is 35.4 Å². The van der Waals surface area contributed by atoms with Crippen LogP contribution in [0.25, 0.3) is 0 Å². The minimum Gasteiger partial charge on any atom is -0.415 e. The number of carbonyl (C=O) groups is 10. The van der Waals surface area contributed by atoms with E-state index in [2.05, 4.69) is 102 Å². The summed E-state index contributed by atoms with van der Waals surface area (Å²) in [5.74, 6) is -3.40. The van der Waals surface area contributed by atoms with Crippen LogP contribution in [-0.4, -0.2) is 116 Å². The Morgan fingerprint density at radius 2 is 0.711 bits per heavy atom. The first-order chi connectivity index (χ1) is 45.7. The lowest BCUT2D eigenvalue weighted by Crippen LogP contribution is -2.59. The van der Waals surface area contributed by atoms with Crippen LogP contribution in [0.2, 0.25) is 37.3 Å². The van der Waals surface area contributed by atoms with Crippen molar-refractivity contribution >= 4 is 98.2 Å². The molecule has 10 amide bonds. The zero-order valence-corrected chi connectivity index (χ0v) is 63.0. The lowest BCUT2D eigenvalue weighted by Gasteiger charge is -2.50. The maximum atomic E-state index is 14.7. The van der Waals surface area contributed by atoms with Crippen molar-refractivity contribution in [3.63, 3.8) is 0 Å². The number of aryl methyl sites for hydroxylation is 8. The van der Waals surface area contributed by atoms with Crippen LogP contribution in [-0.2, 0) is 117 Å². The molecule has 0 spiro atoms. The van der Waals surface area contributed by atoms with Crippen LogP contribution in [0.15, 0.2) is 72.8 Å². The summed E-state index contributed by atoms with van der Waals surface area (Å²) in [6.07, 6.45) is 12.8. The predicted molar refractivity (Wildman–Crippen MR) is 389 cm³/mol. The average Bonchev–Trinajstić information content (AvgIpc) is 1.75. The Balaban J connectivity index is 0.894. The SMILES string of the molecule is CCc1cc(Cc2cc(CC)c(N3C(=O)CC(N(CCCC(C)(C)[Si](C)(C)OC(C)(C)[Si](C)(C)CCCN(C(C)=O)C4CC(=O)N(c5c(CC)cc(Cc6cc(CC)c(N7C(=O)C=CC7=O)c(CC)c6)cc5CC)C4=O)C(C)=O)C3=O)c(CC)c2)cc(CC)c1N1C(=O)C=CC1=O. The Bertz CT molecular complexity index is 3510. The first kappa shape index (κ1) is 75.0. The molecule has 4 aliphatic heterocycles. The molecule has 4 heterocycles.